The summed E-state index contributed by atoms with van der Waals surface area (Å²) in [7, 11) is 0. The van der Waals surface area contributed by atoms with Crippen molar-refractivity contribution in [1.82, 2.24) is 21.3 Å². The maximum Gasteiger partial charge on any atom is 0.324 e. The van der Waals surface area contributed by atoms with Crippen LogP contribution in [-0.2, 0) is 44.9 Å². The van der Waals surface area contributed by atoms with Crippen LogP contribution in [0.15, 0.2) is 315 Å². The van der Waals surface area contributed by atoms with Crippen molar-refractivity contribution in [2.24, 2.45) is 20.0 Å². The van der Waals surface area contributed by atoms with Crippen LogP contribution in [0, 0.1) is 34.1 Å². The summed E-state index contributed by atoms with van der Waals surface area (Å²) in [6.45, 7) is 5.90. The Labute approximate surface area is 593 Å². The SMILES string of the molecule is CC1=CC(=O)C2N=C(Cc3ccccc3)C(c3ccccc3)=C2N1.Cc1ccc(C2=C3NC([N+](=O)[O-])=CC(=O)C3N=C2Cc2ccccc2)cc1.Cc1ccc(C2=C3NC([N+](=O)[O-])=CC(=O)C3N=C2Cc2ccccc2)cc1.O=C1C=CN=C2C(c3ccc(Cl)cc3)=C(Cc3ccccc3)NC12. The third-order valence-corrected chi connectivity index (χ3v) is 18.2. The zero-order valence-corrected chi connectivity index (χ0v) is 56.5. The van der Waals surface area contributed by atoms with Gasteiger partial charge in [0.1, 0.15) is 17.4 Å². The van der Waals surface area contributed by atoms with Crippen molar-refractivity contribution >= 4 is 79.9 Å². The van der Waals surface area contributed by atoms with Crippen LogP contribution in [0.1, 0.15) is 62.6 Å². The van der Waals surface area contributed by atoms with Crippen molar-refractivity contribution in [3.63, 3.8) is 0 Å². The minimum atomic E-state index is -0.747. The van der Waals surface area contributed by atoms with Gasteiger partial charge in [-0.3, -0.25) is 39.1 Å². The highest BCUT2D eigenvalue weighted by molar-refractivity contribution is 6.38. The lowest BCUT2D eigenvalue weighted by Gasteiger charge is -2.20. The molecule has 8 aromatic carbocycles. The summed E-state index contributed by atoms with van der Waals surface area (Å²) in [6, 6.07) is 71.4. The van der Waals surface area contributed by atoms with Crippen molar-refractivity contribution in [1.29, 1.82) is 0 Å². The van der Waals surface area contributed by atoms with Crippen molar-refractivity contribution < 1.29 is 29.0 Å². The molecule has 0 saturated carbocycles. The number of carbonyl (C=O) groups is 4. The quantitative estimate of drug-likeness (QED) is 0.0586. The maximum absolute atomic E-state index is 12.5. The van der Waals surface area contributed by atoms with Gasteiger partial charge in [-0.05, 0) is 87.3 Å². The topological polar surface area (TPSA) is 252 Å². The molecule has 16 rings (SSSR count). The smallest absolute Gasteiger partial charge is 0.324 e. The maximum atomic E-state index is 12.5. The monoisotopic (exact) mass is 1370 g/mol. The number of carbonyl (C=O) groups excluding carboxylic acids is 4. The van der Waals surface area contributed by atoms with Crippen LogP contribution >= 0.6 is 11.6 Å². The summed E-state index contributed by atoms with van der Waals surface area (Å²) in [5.41, 5.74) is 21.3. The van der Waals surface area contributed by atoms with Crippen molar-refractivity contribution in [3.8, 4) is 0 Å². The molecule has 504 valence electrons. The van der Waals surface area contributed by atoms with Gasteiger partial charge in [0, 0.05) is 82.7 Å². The number of benzene rings is 8. The van der Waals surface area contributed by atoms with E-state index in [0.717, 1.165) is 132 Å². The van der Waals surface area contributed by atoms with Gasteiger partial charge in [-0.15, -0.1) is 0 Å². The molecule has 0 saturated heterocycles. The van der Waals surface area contributed by atoms with Crippen molar-refractivity contribution in [2.75, 3.05) is 0 Å². The molecule has 0 bridgehead atoms. The highest BCUT2D eigenvalue weighted by atomic mass is 35.5. The summed E-state index contributed by atoms with van der Waals surface area (Å²) in [5.74, 6) is -1.28. The Morgan fingerprint density at radius 2 is 0.745 bits per heavy atom. The molecule has 8 heterocycles. The molecular weight excluding hydrogens is 1300 g/mol. The highest BCUT2D eigenvalue weighted by Crippen LogP contribution is 2.38. The first-order chi connectivity index (χ1) is 49.5. The second-order valence-corrected chi connectivity index (χ2v) is 25.6. The van der Waals surface area contributed by atoms with Gasteiger partial charge in [-0.2, -0.15) is 0 Å². The summed E-state index contributed by atoms with van der Waals surface area (Å²) in [6.07, 6.45) is 9.33. The summed E-state index contributed by atoms with van der Waals surface area (Å²) < 4.78 is 0. The number of aliphatic imine (C=N–C) groups is 4. The number of nitrogens with one attached hydrogen (secondary N) is 4. The molecule has 4 N–H and O–H groups in total. The molecular formula is C83H67ClN10O8. The van der Waals surface area contributed by atoms with E-state index in [0.29, 0.717) is 29.3 Å². The Balaban J connectivity index is 0.000000122. The average molecular weight is 1370 g/mol. The molecule has 8 aliphatic rings. The minimum absolute atomic E-state index is 0.0366. The van der Waals surface area contributed by atoms with E-state index >= 15 is 0 Å². The lowest BCUT2D eigenvalue weighted by molar-refractivity contribution is -0.431. The predicted octanol–water partition coefficient (Wildman–Crippen LogP) is 13.5. The molecule has 0 radical (unpaired) electrons. The van der Waals surface area contributed by atoms with Crippen LogP contribution in [0.3, 0.4) is 0 Å². The lowest BCUT2D eigenvalue weighted by atomic mass is 9.93. The van der Waals surface area contributed by atoms with Crippen molar-refractivity contribution in [2.45, 2.75) is 70.6 Å². The highest BCUT2D eigenvalue weighted by Gasteiger charge is 2.43. The molecule has 0 fully saturated rings. The minimum Gasteiger partial charge on any atom is -0.373 e. The number of nitro groups is 2. The molecule has 102 heavy (non-hydrogen) atoms. The van der Waals surface area contributed by atoms with E-state index in [1.165, 1.54) is 17.2 Å². The number of nitrogens with zero attached hydrogens (tertiary/aromatic N) is 6. The lowest BCUT2D eigenvalue weighted by Crippen LogP contribution is -2.38. The Morgan fingerprint density at radius 3 is 1.15 bits per heavy atom. The van der Waals surface area contributed by atoms with Crippen LogP contribution in [-0.4, -0.2) is 80.0 Å². The summed E-state index contributed by atoms with van der Waals surface area (Å²) >= 11 is 6.02. The van der Waals surface area contributed by atoms with Crippen LogP contribution < -0.4 is 21.3 Å². The molecule has 19 heteroatoms. The molecule has 0 aromatic heterocycles. The van der Waals surface area contributed by atoms with Gasteiger partial charge in [0.15, 0.2) is 41.3 Å². The molecule has 8 aliphatic heterocycles. The number of ketones is 4. The van der Waals surface area contributed by atoms with E-state index < -0.39 is 28.0 Å². The fourth-order valence-corrected chi connectivity index (χ4v) is 13.3. The van der Waals surface area contributed by atoms with Crippen LogP contribution in [0.25, 0.3) is 22.3 Å². The van der Waals surface area contributed by atoms with Crippen molar-refractivity contribution in [3.05, 3.63) is 376 Å². The van der Waals surface area contributed by atoms with Gasteiger partial charge in [-0.25, -0.2) is 10.6 Å². The summed E-state index contributed by atoms with van der Waals surface area (Å²) in [5, 5.41) is 35.5. The van der Waals surface area contributed by atoms with Crippen LogP contribution in [0.4, 0.5) is 0 Å². The molecule has 4 unspecified atom stereocenters. The number of hydrogen-bond donors (Lipinski definition) is 4. The molecule has 0 spiro atoms. The number of hydrogen-bond acceptors (Lipinski definition) is 16. The van der Waals surface area contributed by atoms with E-state index in [9.17, 15) is 39.4 Å². The van der Waals surface area contributed by atoms with E-state index in [2.05, 4.69) is 72.6 Å². The number of fused-ring (bicyclic) bond motifs is 4. The molecule has 8 aromatic rings. The predicted molar refractivity (Wildman–Crippen MR) is 399 cm³/mol. The first-order valence-corrected chi connectivity index (χ1v) is 33.5. The van der Waals surface area contributed by atoms with Gasteiger partial charge in [0.05, 0.1) is 40.7 Å². The Bertz CT molecular complexity index is 4910. The summed E-state index contributed by atoms with van der Waals surface area (Å²) in [4.78, 5) is 89.3. The van der Waals surface area contributed by atoms with E-state index in [-0.39, 0.29) is 40.8 Å². The van der Waals surface area contributed by atoms with Crippen LogP contribution in [0.5, 0.6) is 0 Å². The Kier molecular flexibility index (Phi) is 20.1. The van der Waals surface area contributed by atoms with E-state index in [4.69, 9.17) is 16.6 Å². The first kappa shape index (κ1) is 67.9. The normalized spacial score (nSPS) is 18.9. The third kappa shape index (κ3) is 15.1. The number of rotatable bonds is 14. The van der Waals surface area contributed by atoms with Gasteiger partial charge in [0.25, 0.3) is 0 Å². The Morgan fingerprint density at radius 1 is 0.402 bits per heavy atom. The largest absolute Gasteiger partial charge is 0.373 e. The first-order valence-electron chi connectivity index (χ1n) is 33.2. The molecule has 18 nitrogen and oxygen atoms in total. The zero-order valence-electron chi connectivity index (χ0n) is 55.7. The average Bonchev–Trinajstić information content (AvgIpc) is 1.63. The molecule has 4 atom stereocenters. The zero-order chi connectivity index (χ0) is 71.0. The second-order valence-electron chi connectivity index (χ2n) is 25.2. The molecule has 0 aliphatic carbocycles. The van der Waals surface area contributed by atoms with E-state index in [1.807, 2.05) is 209 Å². The van der Waals surface area contributed by atoms with Gasteiger partial charge in [-0.1, -0.05) is 235 Å². The fraction of sp³-hybridized carbons (Fsp3) is 0.133. The molecule has 0 amide bonds. The fourth-order valence-electron chi connectivity index (χ4n) is 13.2. The van der Waals surface area contributed by atoms with Gasteiger partial charge >= 0.3 is 11.6 Å². The van der Waals surface area contributed by atoms with E-state index in [1.54, 1.807) is 12.3 Å². The number of aryl methyl sites for hydroxylation is 2. The third-order valence-electron chi connectivity index (χ3n) is 18.0. The van der Waals surface area contributed by atoms with Gasteiger partial charge in [0.2, 0.25) is 0 Å². The number of allylic oxidation sites excluding steroid dienone is 5. The Hall–Kier alpha value is -12.7. The number of halogens is 1. The standard InChI is InChI=1S/2C21H17N3O3.C21H18N2O.C20H15ClN2O/c2*1-13-7-9-15(10-8-13)19-16(11-14-5-3-2-4-6-14)22-20-17(25)12-18(24(26)27)23-21(19)20;1-14-12-18(24)20-21(22-14)19(16-10-6-3-7-11-16)17(23-20)13-15-8-4-2-5-9-15;21-15-8-6-14(7-9-15)18-16(12-13-4-2-1-3-5-13)23-19-17(24)10-11-22-20(18)19/h2*2-10,12,20,23H,11H2,1H3;2-12,20,22H,13H2,1H3;1-11,19,23H,12H2. The van der Waals surface area contributed by atoms with Gasteiger partial charge < -0.3 is 30.9 Å². The van der Waals surface area contributed by atoms with Crippen LogP contribution in [0.2, 0.25) is 5.02 Å². The second kappa shape index (κ2) is 30.2.